The maximum atomic E-state index is 13.0. The summed E-state index contributed by atoms with van der Waals surface area (Å²) < 4.78 is 5.25. The molecule has 3 aliphatic rings. The molecule has 7 nitrogen and oxygen atoms in total. The first-order valence-electron chi connectivity index (χ1n) is 10.4. The van der Waals surface area contributed by atoms with Gasteiger partial charge in [-0.1, -0.05) is 0 Å². The van der Waals surface area contributed by atoms with Crippen molar-refractivity contribution in [3.8, 4) is 0 Å². The second-order valence-corrected chi connectivity index (χ2v) is 8.59. The fourth-order valence-corrected chi connectivity index (χ4v) is 4.98. The number of nitrogens with one attached hydrogen (secondary N) is 1. The van der Waals surface area contributed by atoms with Crippen LogP contribution in [0.2, 0.25) is 0 Å². The molecular weight excluding hydrogens is 354 g/mol. The number of aryl methyl sites for hydroxylation is 2. The highest BCUT2D eigenvalue weighted by molar-refractivity contribution is 5.93. The molecule has 1 amide bonds. The van der Waals surface area contributed by atoms with E-state index in [0.717, 1.165) is 49.6 Å². The van der Waals surface area contributed by atoms with Crippen LogP contribution < -0.4 is 5.32 Å². The van der Waals surface area contributed by atoms with E-state index in [9.17, 15) is 4.79 Å². The van der Waals surface area contributed by atoms with Crippen LogP contribution >= 0.6 is 0 Å². The van der Waals surface area contributed by atoms with E-state index in [-0.39, 0.29) is 11.3 Å². The first-order valence-corrected chi connectivity index (χ1v) is 10.4. The second-order valence-electron chi connectivity index (χ2n) is 8.59. The zero-order chi connectivity index (χ0) is 19.3. The zero-order valence-corrected chi connectivity index (χ0v) is 16.6. The molecule has 2 aliphatic carbocycles. The van der Waals surface area contributed by atoms with Crippen molar-refractivity contribution in [3.63, 3.8) is 0 Å². The molecule has 1 aliphatic heterocycles. The van der Waals surface area contributed by atoms with E-state index in [1.165, 1.54) is 31.2 Å². The maximum Gasteiger partial charge on any atom is 0.276 e. The lowest BCUT2D eigenvalue weighted by Crippen LogP contribution is -2.48. The predicted molar refractivity (Wildman–Crippen MR) is 104 cm³/mol. The van der Waals surface area contributed by atoms with Crippen LogP contribution in [0.3, 0.4) is 0 Å². The fourth-order valence-electron chi connectivity index (χ4n) is 4.98. The van der Waals surface area contributed by atoms with Crippen molar-refractivity contribution in [1.82, 2.24) is 19.9 Å². The molecule has 1 saturated heterocycles. The number of aromatic nitrogens is 3. The molecule has 1 spiro atoms. The van der Waals surface area contributed by atoms with Gasteiger partial charge >= 0.3 is 0 Å². The smallest absolute Gasteiger partial charge is 0.276 e. The van der Waals surface area contributed by atoms with Crippen molar-refractivity contribution >= 4 is 11.7 Å². The Hall–Kier alpha value is -2.44. The molecule has 3 heterocycles. The number of rotatable bonds is 3. The summed E-state index contributed by atoms with van der Waals surface area (Å²) in [5.74, 6) is 2.40. The Balaban J connectivity index is 1.45. The van der Waals surface area contributed by atoms with Gasteiger partial charge in [-0.2, -0.15) is 0 Å². The molecule has 1 N–H and O–H groups in total. The quantitative estimate of drug-likeness (QED) is 0.879. The Labute approximate surface area is 165 Å². The standard InChI is InChI=1S/C21H27N5O2/c1-13-17(22-12-28-13)20(27)26-10-4-8-21(11-26)9-7-16-18(21)23-14(2)24-19(16)25-15-5-3-6-15/h12,15H,3-11H2,1-2H3,(H,23,24,25). The van der Waals surface area contributed by atoms with Gasteiger partial charge in [0.25, 0.3) is 5.91 Å². The fraction of sp³-hybridized carbons (Fsp3) is 0.619. The van der Waals surface area contributed by atoms with Gasteiger partial charge in [0.2, 0.25) is 0 Å². The van der Waals surface area contributed by atoms with Gasteiger partial charge in [0, 0.05) is 30.1 Å². The minimum Gasteiger partial charge on any atom is -0.448 e. The Morgan fingerprint density at radius 1 is 1.25 bits per heavy atom. The van der Waals surface area contributed by atoms with Crippen molar-refractivity contribution in [2.45, 2.75) is 70.3 Å². The Morgan fingerprint density at radius 2 is 2.11 bits per heavy atom. The predicted octanol–water partition coefficient (Wildman–Crippen LogP) is 3.17. The Kier molecular flexibility index (Phi) is 4.14. The summed E-state index contributed by atoms with van der Waals surface area (Å²) in [6.07, 6.45) is 9.16. The van der Waals surface area contributed by atoms with Gasteiger partial charge < -0.3 is 14.6 Å². The van der Waals surface area contributed by atoms with Gasteiger partial charge in [-0.05, 0) is 58.8 Å². The number of fused-ring (bicyclic) bond motifs is 2. The molecule has 1 saturated carbocycles. The lowest BCUT2D eigenvalue weighted by atomic mass is 9.77. The second kappa shape index (κ2) is 6.57. The number of oxazole rings is 1. The number of carbonyl (C=O) groups is 1. The maximum absolute atomic E-state index is 13.0. The number of piperidine rings is 1. The van der Waals surface area contributed by atoms with Crippen LogP contribution in [-0.4, -0.2) is 44.9 Å². The number of nitrogens with zero attached hydrogens (tertiary/aromatic N) is 4. The highest BCUT2D eigenvalue weighted by Crippen LogP contribution is 2.46. The van der Waals surface area contributed by atoms with Crippen molar-refractivity contribution < 1.29 is 9.21 Å². The minimum atomic E-state index is -0.0649. The molecule has 7 heteroatoms. The molecule has 0 bridgehead atoms. The average molecular weight is 381 g/mol. The molecule has 0 radical (unpaired) electrons. The number of hydrogen-bond acceptors (Lipinski definition) is 6. The summed E-state index contributed by atoms with van der Waals surface area (Å²) in [4.78, 5) is 28.7. The highest BCUT2D eigenvalue weighted by atomic mass is 16.3. The van der Waals surface area contributed by atoms with Crippen LogP contribution in [0.4, 0.5) is 5.82 Å². The number of amides is 1. The Morgan fingerprint density at radius 3 is 2.82 bits per heavy atom. The van der Waals surface area contributed by atoms with Crippen molar-refractivity contribution in [2.24, 2.45) is 0 Å². The van der Waals surface area contributed by atoms with Crippen molar-refractivity contribution in [2.75, 3.05) is 18.4 Å². The van der Waals surface area contributed by atoms with Crippen molar-refractivity contribution in [3.05, 3.63) is 34.9 Å². The van der Waals surface area contributed by atoms with E-state index < -0.39 is 0 Å². The summed E-state index contributed by atoms with van der Waals surface area (Å²) in [7, 11) is 0. The molecule has 28 heavy (non-hydrogen) atoms. The minimum absolute atomic E-state index is 0.0302. The first-order chi connectivity index (χ1) is 13.6. The normalized spacial score (nSPS) is 24.3. The van der Waals surface area contributed by atoms with E-state index in [4.69, 9.17) is 14.4 Å². The van der Waals surface area contributed by atoms with Crippen LogP contribution in [0.15, 0.2) is 10.8 Å². The third-order valence-electron chi connectivity index (χ3n) is 6.73. The number of anilines is 1. The summed E-state index contributed by atoms with van der Waals surface area (Å²) in [6, 6.07) is 0.550. The summed E-state index contributed by atoms with van der Waals surface area (Å²) in [6.45, 7) is 5.23. The van der Waals surface area contributed by atoms with Gasteiger partial charge in [-0.15, -0.1) is 0 Å². The van der Waals surface area contributed by atoms with E-state index >= 15 is 0 Å². The lowest BCUT2D eigenvalue weighted by molar-refractivity contribution is 0.0626. The summed E-state index contributed by atoms with van der Waals surface area (Å²) in [5.41, 5.74) is 2.80. The van der Waals surface area contributed by atoms with E-state index in [1.807, 2.05) is 11.8 Å². The molecule has 2 aromatic rings. The van der Waals surface area contributed by atoms with Crippen LogP contribution in [0.5, 0.6) is 0 Å². The topological polar surface area (TPSA) is 84.2 Å². The third-order valence-corrected chi connectivity index (χ3v) is 6.73. The largest absolute Gasteiger partial charge is 0.448 e. The summed E-state index contributed by atoms with van der Waals surface area (Å²) in [5, 5.41) is 3.65. The monoisotopic (exact) mass is 381 g/mol. The number of carbonyl (C=O) groups excluding carboxylic acids is 1. The molecule has 2 aromatic heterocycles. The van der Waals surface area contributed by atoms with Gasteiger partial charge in [0.1, 0.15) is 17.4 Å². The average Bonchev–Trinajstić information content (AvgIpc) is 3.22. The molecule has 1 unspecified atom stereocenters. The van der Waals surface area contributed by atoms with E-state index in [2.05, 4.69) is 10.3 Å². The summed E-state index contributed by atoms with van der Waals surface area (Å²) >= 11 is 0. The van der Waals surface area contributed by atoms with Crippen LogP contribution in [-0.2, 0) is 11.8 Å². The molecule has 1 atom stereocenters. The SMILES string of the molecule is Cc1nc(NC2CCC2)c2c(n1)C1(CCCN(C(=O)c3ncoc3C)C1)CC2. The number of likely N-dealkylation sites (tertiary alicyclic amines) is 1. The van der Waals surface area contributed by atoms with Crippen LogP contribution in [0.1, 0.15) is 71.9 Å². The molecule has 2 fully saturated rings. The van der Waals surface area contributed by atoms with Gasteiger partial charge in [-0.3, -0.25) is 4.79 Å². The van der Waals surface area contributed by atoms with Crippen LogP contribution in [0.25, 0.3) is 0 Å². The molecular formula is C21H27N5O2. The van der Waals surface area contributed by atoms with Gasteiger partial charge in [0.15, 0.2) is 12.1 Å². The van der Waals surface area contributed by atoms with Gasteiger partial charge in [0.05, 0.1) is 5.69 Å². The number of hydrogen-bond donors (Lipinski definition) is 1. The third kappa shape index (κ3) is 2.79. The van der Waals surface area contributed by atoms with E-state index in [0.29, 0.717) is 24.0 Å². The first kappa shape index (κ1) is 17.6. The zero-order valence-electron chi connectivity index (χ0n) is 16.6. The van der Waals surface area contributed by atoms with Crippen LogP contribution in [0, 0.1) is 13.8 Å². The highest BCUT2D eigenvalue weighted by Gasteiger charge is 2.46. The molecule has 5 rings (SSSR count). The lowest BCUT2D eigenvalue weighted by Gasteiger charge is -2.40. The van der Waals surface area contributed by atoms with E-state index in [1.54, 1.807) is 6.92 Å². The Bertz CT molecular complexity index is 920. The molecule has 0 aromatic carbocycles. The van der Waals surface area contributed by atoms with Gasteiger partial charge in [-0.25, -0.2) is 15.0 Å². The molecule has 148 valence electrons. The van der Waals surface area contributed by atoms with Crippen molar-refractivity contribution in [1.29, 1.82) is 0 Å².